The first-order valence-electron chi connectivity index (χ1n) is 17.4. The fourth-order valence-electron chi connectivity index (χ4n) is 7.01. The Morgan fingerprint density at radius 2 is 0.926 bits per heavy atom. The van der Waals surface area contributed by atoms with Crippen LogP contribution in [-0.2, 0) is 33.2 Å². The van der Waals surface area contributed by atoms with Crippen LogP contribution in [0.1, 0.15) is 19.3 Å². The molecule has 4 heterocycles. The molecular weight excluding hydrogens is 740 g/mol. The summed E-state index contributed by atoms with van der Waals surface area (Å²) < 4.78 is 33.6. The van der Waals surface area contributed by atoms with Gasteiger partial charge in [0.2, 0.25) is 0 Å². The van der Waals surface area contributed by atoms with Crippen molar-refractivity contribution in [2.45, 2.75) is 148 Å². The summed E-state index contributed by atoms with van der Waals surface area (Å²) in [6, 6.07) is -1.76. The molecular formula is C30H54N2O22. The Balaban J connectivity index is 1.65. The Bertz CT molecular complexity index is 1080. The maximum Gasteiger partial charge on any atom is 0.321 e. The van der Waals surface area contributed by atoms with Crippen LogP contribution in [-0.4, -0.2) is 249 Å². The van der Waals surface area contributed by atoms with E-state index >= 15 is 0 Å². The van der Waals surface area contributed by atoms with E-state index in [2.05, 4.69) is 0 Å². The molecule has 4 fully saturated rings. The van der Waals surface area contributed by atoms with E-state index in [1.54, 1.807) is 0 Å². The summed E-state index contributed by atoms with van der Waals surface area (Å²) in [5.41, 5.74) is 5.59. The van der Waals surface area contributed by atoms with Gasteiger partial charge in [-0.25, -0.2) is 4.90 Å². The molecule has 0 amide bonds. The van der Waals surface area contributed by atoms with Crippen LogP contribution in [0.5, 0.6) is 0 Å². The fraction of sp³-hybridized carbons (Fsp3) is 0.967. The predicted octanol–water partition coefficient (Wildman–Crippen LogP) is -9.88. The molecule has 24 nitrogen and oxygen atoms in total. The number of aliphatic hydroxyl groups is 14. The normalized spacial score (nSPS) is 46.7. The highest BCUT2D eigenvalue weighted by molar-refractivity contribution is 5.73. The van der Waals surface area contributed by atoms with Gasteiger partial charge in [0.05, 0.1) is 26.4 Å². The Morgan fingerprint density at radius 3 is 1.26 bits per heavy atom. The maximum absolute atomic E-state index is 12.8. The first kappa shape index (κ1) is 45.3. The Morgan fingerprint density at radius 1 is 0.537 bits per heavy atom. The molecule has 0 aromatic rings. The van der Waals surface area contributed by atoms with Crippen molar-refractivity contribution >= 4 is 5.97 Å². The van der Waals surface area contributed by atoms with Crippen LogP contribution in [0.15, 0.2) is 0 Å². The van der Waals surface area contributed by atoms with Crippen molar-refractivity contribution in [1.29, 1.82) is 0 Å². The van der Waals surface area contributed by atoms with Gasteiger partial charge in [-0.15, -0.1) is 0 Å². The zero-order chi connectivity index (χ0) is 40.2. The number of nitrogens with two attached hydrogens (primary N) is 1. The van der Waals surface area contributed by atoms with Gasteiger partial charge in [-0.1, -0.05) is 6.42 Å². The molecule has 4 aliphatic heterocycles. The first-order chi connectivity index (χ1) is 25.6. The summed E-state index contributed by atoms with van der Waals surface area (Å²) in [6.07, 6.45) is -37.4. The van der Waals surface area contributed by atoms with Crippen LogP contribution in [0.4, 0.5) is 0 Å². The first-order valence-corrected chi connectivity index (χ1v) is 17.4. The molecule has 0 aromatic carbocycles. The number of unbranched alkanes of at least 4 members (excludes halogenated alkanes) is 1. The van der Waals surface area contributed by atoms with E-state index < -0.39 is 161 Å². The highest BCUT2D eigenvalue weighted by Crippen LogP contribution is 2.37. The highest BCUT2D eigenvalue weighted by Gasteiger charge is 2.58. The van der Waals surface area contributed by atoms with Gasteiger partial charge in [0.15, 0.2) is 12.6 Å². The number of hydrogen-bond donors (Lipinski definition) is 16. The van der Waals surface area contributed by atoms with Crippen molar-refractivity contribution in [3.8, 4) is 0 Å². The number of ether oxygens (including phenoxy) is 6. The minimum absolute atomic E-state index is 0.138. The molecule has 0 aromatic heterocycles. The second-order valence-corrected chi connectivity index (χ2v) is 13.6. The van der Waals surface area contributed by atoms with Gasteiger partial charge in [-0.05, 0) is 19.4 Å². The largest absolute Gasteiger partial charge is 0.480 e. The van der Waals surface area contributed by atoms with Gasteiger partial charge < -0.3 is 111 Å². The fourth-order valence-corrected chi connectivity index (χ4v) is 7.01. The molecule has 4 rings (SSSR count). The standard InChI is InChI=1S/C30H54N2O22/c31-4-2-1-3-9(28(47)48)32(26-20(43)18(41)24(12(7-35)49-26)53-29-22(45)16(39)14(37)10(5-33)51-29)27-21(44)19(42)25(13(8-36)50-27)54-30-23(46)17(40)15(38)11(6-34)52-30/h9-27,29-30,33-46H,1-8,31H2,(H,47,48)/t9-,10+,11+,12+,13+,14-,15-,16-,17-,18+,19+,20+,21+,22+,23+,24+,25+,26?,27?,29-,30-/m0/s1. The Labute approximate surface area is 307 Å². The van der Waals surface area contributed by atoms with Crippen LogP contribution in [0.2, 0.25) is 0 Å². The van der Waals surface area contributed by atoms with Crippen LogP contribution in [0, 0.1) is 0 Å². The lowest BCUT2D eigenvalue weighted by molar-refractivity contribution is -0.372. The minimum atomic E-state index is -2.21. The maximum atomic E-state index is 12.8. The number of aliphatic hydroxyl groups excluding tert-OH is 14. The molecule has 4 saturated heterocycles. The zero-order valence-electron chi connectivity index (χ0n) is 28.9. The summed E-state index contributed by atoms with van der Waals surface area (Å²) in [4.78, 5) is 13.6. The molecule has 0 saturated carbocycles. The topological polar surface area (TPSA) is 405 Å². The summed E-state index contributed by atoms with van der Waals surface area (Å²) >= 11 is 0. The van der Waals surface area contributed by atoms with Crippen LogP contribution < -0.4 is 5.73 Å². The van der Waals surface area contributed by atoms with Gasteiger partial charge in [0, 0.05) is 0 Å². The molecule has 0 radical (unpaired) electrons. The van der Waals surface area contributed by atoms with E-state index in [1.165, 1.54) is 0 Å². The summed E-state index contributed by atoms with van der Waals surface area (Å²) in [7, 11) is 0. The van der Waals surface area contributed by atoms with Crippen molar-refractivity contribution < 1.29 is 110 Å². The third-order valence-electron chi connectivity index (χ3n) is 10.1. The van der Waals surface area contributed by atoms with Crippen molar-refractivity contribution in [3.63, 3.8) is 0 Å². The number of carbonyl (C=O) groups is 1. The molecule has 4 aliphatic rings. The molecule has 316 valence electrons. The minimum Gasteiger partial charge on any atom is -0.480 e. The van der Waals surface area contributed by atoms with Gasteiger partial charge in [-0.2, -0.15) is 0 Å². The summed E-state index contributed by atoms with van der Waals surface area (Å²) in [5.74, 6) is -1.58. The SMILES string of the molecule is NCCCC[C@@H](C(=O)O)N(C1O[C@H](CO)[C@@H](O[C@@H]2O[C@H](CO)[C@H](O)[C@H](O)[C@H]2O)[C@H](O)[C@H]1O)C1O[C@H](CO)[C@@H](O[C@@H]2O[C@H](CO)[C@H](O)[C@H](O)[C@H]2O)[C@H](O)[C@H]1O. The lowest BCUT2D eigenvalue weighted by Crippen LogP contribution is -2.73. The average molecular weight is 795 g/mol. The Kier molecular flexibility index (Phi) is 16.6. The van der Waals surface area contributed by atoms with Gasteiger partial charge >= 0.3 is 5.97 Å². The van der Waals surface area contributed by atoms with E-state index in [1.807, 2.05) is 0 Å². The number of nitrogens with zero attached hydrogens (tertiary/aromatic N) is 1. The Hall–Kier alpha value is -1.41. The van der Waals surface area contributed by atoms with E-state index in [0.29, 0.717) is 6.42 Å². The third kappa shape index (κ3) is 9.31. The zero-order valence-corrected chi connectivity index (χ0v) is 28.9. The average Bonchev–Trinajstić information content (AvgIpc) is 3.15. The molecule has 0 bridgehead atoms. The number of carboxylic acids is 1. The summed E-state index contributed by atoms with van der Waals surface area (Å²) in [5, 5.41) is 157. The molecule has 54 heavy (non-hydrogen) atoms. The van der Waals surface area contributed by atoms with Gasteiger partial charge in [-0.3, -0.25) is 4.79 Å². The number of hydrogen-bond acceptors (Lipinski definition) is 23. The van der Waals surface area contributed by atoms with Gasteiger partial charge in [0.1, 0.15) is 116 Å². The van der Waals surface area contributed by atoms with Crippen molar-refractivity contribution in [1.82, 2.24) is 4.90 Å². The molecule has 0 spiro atoms. The van der Waals surface area contributed by atoms with Crippen LogP contribution in [0.25, 0.3) is 0 Å². The van der Waals surface area contributed by atoms with E-state index in [9.17, 15) is 81.4 Å². The summed E-state index contributed by atoms with van der Waals surface area (Å²) in [6.45, 7) is -3.55. The number of rotatable bonds is 16. The lowest BCUT2D eigenvalue weighted by atomic mass is 9.92. The van der Waals surface area contributed by atoms with E-state index in [4.69, 9.17) is 34.2 Å². The second kappa shape index (κ2) is 19.8. The predicted molar refractivity (Wildman–Crippen MR) is 169 cm³/mol. The smallest absolute Gasteiger partial charge is 0.321 e. The monoisotopic (exact) mass is 794 g/mol. The van der Waals surface area contributed by atoms with E-state index in [0.717, 1.165) is 4.90 Å². The van der Waals surface area contributed by atoms with Crippen molar-refractivity contribution in [2.75, 3.05) is 33.0 Å². The molecule has 2 unspecified atom stereocenters. The molecule has 17 N–H and O–H groups in total. The quantitative estimate of drug-likeness (QED) is 0.0645. The third-order valence-corrected chi connectivity index (χ3v) is 10.1. The molecule has 21 atom stereocenters. The van der Waals surface area contributed by atoms with E-state index in [-0.39, 0.29) is 19.4 Å². The van der Waals surface area contributed by atoms with Crippen molar-refractivity contribution in [3.05, 3.63) is 0 Å². The van der Waals surface area contributed by atoms with Crippen LogP contribution >= 0.6 is 0 Å². The lowest BCUT2D eigenvalue weighted by Gasteiger charge is -2.53. The van der Waals surface area contributed by atoms with Crippen molar-refractivity contribution in [2.24, 2.45) is 5.73 Å². The van der Waals surface area contributed by atoms with Gasteiger partial charge in [0.25, 0.3) is 0 Å². The molecule has 24 heteroatoms. The number of aliphatic carboxylic acids is 1. The molecule has 0 aliphatic carbocycles. The highest BCUT2D eigenvalue weighted by atomic mass is 16.7. The number of carboxylic acid groups (broad SMARTS) is 1. The second-order valence-electron chi connectivity index (χ2n) is 13.6. The van der Waals surface area contributed by atoms with Crippen LogP contribution in [0.3, 0.4) is 0 Å².